The van der Waals surface area contributed by atoms with Gasteiger partial charge in [-0.3, -0.25) is 14.4 Å². The zero-order valence-electron chi connectivity index (χ0n) is 21.4. The third-order valence-corrected chi connectivity index (χ3v) is 8.49. The van der Waals surface area contributed by atoms with Crippen molar-refractivity contribution in [3.05, 3.63) is 29.3 Å². The molecule has 192 valence electrons. The first-order valence-corrected chi connectivity index (χ1v) is 13.0. The Hall–Kier alpha value is -2.45. The summed E-state index contributed by atoms with van der Waals surface area (Å²) in [5.41, 5.74) is 0.948. The number of anilines is 1. The summed E-state index contributed by atoms with van der Waals surface area (Å²) in [6.45, 7) is 6.47. The molecule has 3 fully saturated rings. The van der Waals surface area contributed by atoms with E-state index < -0.39 is 29.1 Å². The van der Waals surface area contributed by atoms with E-state index in [4.69, 9.17) is 9.84 Å². The quantitative estimate of drug-likeness (QED) is 0.442. The summed E-state index contributed by atoms with van der Waals surface area (Å²) >= 11 is 0. The molecule has 3 aliphatic rings. The number of aliphatic hydroxyl groups excluding tert-OH is 1. The van der Waals surface area contributed by atoms with E-state index in [9.17, 15) is 14.4 Å². The number of aliphatic hydroxyl groups is 1. The van der Waals surface area contributed by atoms with Gasteiger partial charge in [-0.2, -0.15) is 0 Å². The molecular weight excluding hydrogens is 446 g/mol. The Bertz CT molecular complexity index is 977. The van der Waals surface area contributed by atoms with Crippen molar-refractivity contribution in [3.63, 3.8) is 0 Å². The number of amides is 3. The maximum atomic E-state index is 14.0. The van der Waals surface area contributed by atoms with Crippen molar-refractivity contribution in [1.29, 1.82) is 0 Å². The maximum Gasteiger partial charge on any atom is 0.250 e. The SMILES string of the molecule is CC[C@@]12CCC3(O1)C(C(=O)Nc1c(C)cccc1C)N(CCCCCCO)C(=O)[C@@H]3[C@@H]2C(=O)NC. The fraction of sp³-hybridized carbons (Fsp3) is 0.667. The van der Waals surface area contributed by atoms with Crippen molar-refractivity contribution in [3.8, 4) is 0 Å². The third-order valence-electron chi connectivity index (χ3n) is 8.49. The second kappa shape index (κ2) is 9.90. The van der Waals surface area contributed by atoms with Crippen molar-refractivity contribution >= 4 is 23.4 Å². The van der Waals surface area contributed by atoms with Gasteiger partial charge in [0.1, 0.15) is 11.6 Å². The summed E-state index contributed by atoms with van der Waals surface area (Å²) in [5, 5.41) is 14.9. The molecule has 3 saturated heterocycles. The highest BCUT2D eigenvalue weighted by Crippen LogP contribution is 2.64. The van der Waals surface area contributed by atoms with Gasteiger partial charge in [0.25, 0.3) is 0 Å². The number of rotatable bonds is 10. The Labute approximate surface area is 207 Å². The highest BCUT2D eigenvalue weighted by molar-refractivity contribution is 6.04. The van der Waals surface area contributed by atoms with Gasteiger partial charge in [0.15, 0.2) is 0 Å². The first kappa shape index (κ1) is 25.6. The lowest BCUT2D eigenvalue weighted by atomic mass is 9.65. The normalized spacial score (nSPS) is 31.1. The van der Waals surface area contributed by atoms with Crippen molar-refractivity contribution in [2.24, 2.45) is 11.8 Å². The monoisotopic (exact) mass is 485 g/mol. The van der Waals surface area contributed by atoms with Crippen LogP contribution in [-0.4, -0.2) is 65.2 Å². The van der Waals surface area contributed by atoms with Crippen LogP contribution in [0.2, 0.25) is 0 Å². The molecule has 0 aliphatic carbocycles. The summed E-state index contributed by atoms with van der Waals surface area (Å²) in [5.74, 6) is -1.86. The lowest BCUT2D eigenvalue weighted by molar-refractivity contribution is -0.145. The number of unbranched alkanes of at least 4 members (excludes halogenated alkanes) is 3. The molecule has 1 aromatic carbocycles. The summed E-state index contributed by atoms with van der Waals surface area (Å²) in [6.07, 6.45) is 5.01. The molecule has 8 nitrogen and oxygen atoms in total. The molecule has 3 heterocycles. The number of hydrogen-bond acceptors (Lipinski definition) is 5. The minimum Gasteiger partial charge on any atom is -0.396 e. The minimum absolute atomic E-state index is 0.148. The third kappa shape index (κ3) is 4.04. The average Bonchev–Trinajstić information content (AvgIpc) is 3.44. The fourth-order valence-electron chi connectivity index (χ4n) is 6.76. The van der Waals surface area contributed by atoms with Crippen LogP contribution in [0.25, 0.3) is 0 Å². The van der Waals surface area contributed by atoms with E-state index in [0.717, 1.165) is 42.5 Å². The molecule has 3 N–H and O–H groups in total. The molecule has 8 heteroatoms. The number of para-hydroxylation sites is 1. The molecule has 0 radical (unpaired) electrons. The van der Waals surface area contributed by atoms with Crippen LogP contribution in [0.4, 0.5) is 5.69 Å². The average molecular weight is 486 g/mol. The highest BCUT2D eigenvalue weighted by atomic mass is 16.5. The van der Waals surface area contributed by atoms with Gasteiger partial charge in [0.05, 0.1) is 17.4 Å². The predicted molar refractivity (Wildman–Crippen MR) is 133 cm³/mol. The van der Waals surface area contributed by atoms with Gasteiger partial charge in [-0.25, -0.2) is 0 Å². The summed E-state index contributed by atoms with van der Waals surface area (Å²) in [4.78, 5) is 42.6. The Balaban J connectivity index is 1.70. The first-order valence-electron chi connectivity index (χ1n) is 13.0. The number of hydrogen-bond donors (Lipinski definition) is 3. The summed E-state index contributed by atoms with van der Waals surface area (Å²) < 4.78 is 6.72. The van der Waals surface area contributed by atoms with Crippen molar-refractivity contribution < 1.29 is 24.2 Å². The molecule has 4 rings (SSSR count). The van der Waals surface area contributed by atoms with Crippen LogP contribution < -0.4 is 10.6 Å². The molecule has 3 aliphatic heterocycles. The van der Waals surface area contributed by atoms with Crippen molar-refractivity contribution in [1.82, 2.24) is 10.2 Å². The molecule has 2 unspecified atom stereocenters. The molecule has 1 aromatic rings. The maximum absolute atomic E-state index is 14.0. The molecule has 5 atom stereocenters. The van der Waals surface area contributed by atoms with Crippen LogP contribution in [0.15, 0.2) is 18.2 Å². The van der Waals surface area contributed by atoms with E-state index in [1.165, 1.54) is 0 Å². The Kier molecular flexibility index (Phi) is 7.25. The molecular formula is C27H39N3O5. The Morgan fingerprint density at radius 2 is 1.80 bits per heavy atom. The number of ether oxygens (including phenoxy) is 1. The lowest BCUT2D eigenvalue weighted by Gasteiger charge is -2.34. The summed E-state index contributed by atoms with van der Waals surface area (Å²) in [7, 11) is 1.59. The standard InChI is InChI=1S/C27H39N3O5/c1-5-26-13-14-27(35-26)20(19(26)23(32)28-4)25(34)30(15-8-6-7-9-16-31)22(27)24(33)29-21-17(2)11-10-12-18(21)3/h10-12,19-20,22,31H,5-9,13-16H2,1-4H3,(H,28,32)(H,29,33)/t19-,20+,22?,26+,27?/m1/s1. The zero-order valence-corrected chi connectivity index (χ0v) is 21.4. The number of likely N-dealkylation sites (tertiary alicyclic amines) is 1. The zero-order chi connectivity index (χ0) is 25.4. The van der Waals surface area contributed by atoms with Gasteiger partial charge < -0.3 is 25.4 Å². The molecule has 1 spiro atoms. The molecule has 0 saturated carbocycles. The minimum atomic E-state index is -1.00. The second-order valence-corrected chi connectivity index (χ2v) is 10.4. The largest absolute Gasteiger partial charge is 0.396 e. The van der Waals surface area contributed by atoms with Crippen molar-refractivity contribution in [2.75, 3.05) is 25.5 Å². The van der Waals surface area contributed by atoms with Gasteiger partial charge in [0, 0.05) is 25.9 Å². The van der Waals surface area contributed by atoms with Crippen LogP contribution in [0.5, 0.6) is 0 Å². The van der Waals surface area contributed by atoms with E-state index in [0.29, 0.717) is 25.8 Å². The van der Waals surface area contributed by atoms with Crippen LogP contribution in [0.1, 0.15) is 63.0 Å². The van der Waals surface area contributed by atoms with E-state index in [2.05, 4.69) is 10.6 Å². The van der Waals surface area contributed by atoms with Gasteiger partial charge in [-0.1, -0.05) is 38.0 Å². The van der Waals surface area contributed by atoms with Gasteiger partial charge in [-0.05, 0) is 57.1 Å². The fourth-order valence-corrected chi connectivity index (χ4v) is 6.76. The number of fused-ring (bicyclic) bond motifs is 1. The van der Waals surface area contributed by atoms with E-state index >= 15 is 0 Å². The van der Waals surface area contributed by atoms with Crippen LogP contribution in [0.3, 0.4) is 0 Å². The predicted octanol–water partition coefficient (Wildman–Crippen LogP) is 2.70. The van der Waals surface area contributed by atoms with Crippen molar-refractivity contribution in [2.45, 2.75) is 83.0 Å². The van der Waals surface area contributed by atoms with Crippen LogP contribution in [0, 0.1) is 25.7 Å². The van der Waals surface area contributed by atoms with Crippen LogP contribution >= 0.6 is 0 Å². The van der Waals surface area contributed by atoms with E-state index in [-0.39, 0.29) is 24.3 Å². The molecule has 2 bridgehead atoms. The number of carbonyl (C=O) groups excluding carboxylic acids is 3. The number of benzene rings is 1. The first-order chi connectivity index (χ1) is 16.8. The highest BCUT2D eigenvalue weighted by Gasteiger charge is 2.78. The molecule has 0 aromatic heterocycles. The number of nitrogens with one attached hydrogen (secondary N) is 2. The summed E-state index contributed by atoms with van der Waals surface area (Å²) in [6, 6.07) is 5.06. The van der Waals surface area contributed by atoms with Gasteiger partial charge in [-0.15, -0.1) is 0 Å². The number of aryl methyl sites for hydroxylation is 2. The second-order valence-electron chi connectivity index (χ2n) is 10.4. The molecule has 35 heavy (non-hydrogen) atoms. The van der Waals surface area contributed by atoms with Gasteiger partial charge >= 0.3 is 0 Å². The molecule has 3 amide bonds. The Morgan fingerprint density at radius 3 is 2.43 bits per heavy atom. The Morgan fingerprint density at radius 1 is 1.11 bits per heavy atom. The van der Waals surface area contributed by atoms with E-state index in [1.54, 1.807) is 11.9 Å². The van der Waals surface area contributed by atoms with E-state index in [1.807, 2.05) is 39.0 Å². The number of nitrogens with zero attached hydrogens (tertiary/aromatic N) is 1. The topological polar surface area (TPSA) is 108 Å². The van der Waals surface area contributed by atoms with Gasteiger partial charge in [0.2, 0.25) is 17.7 Å². The van der Waals surface area contributed by atoms with Crippen LogP contribution in [-0.2, 0) is 19.1 Å². The number of carbonyl (C=O) groups is 3. The lowest BCUT2D eigenvalue weighted by Crippen LogP contribution is -2.53. The smallest absolute Gasteiger partial charge is 0.250 e.